The van der Waals surface area contributed by atoms with Gasteiger partial charge in [0.1, 0.15) is 0 Å². The van der Waals surface area contributed by atoms with Gasteiger partial charge in [-0.25, -0.2) is 0 Å². The van der Waals surface area contributed by atoms with Crippen molar-refractivity contribution in [2.75, 3.05) is 14.2 Å². The molecule has 3 rings (SSSR count). The Hall–Kier alpha value is -3.14. The minimum atomic E-state index is -1.10. The third kappa shape index (κ3) is 4.14. The van der Waals surface area contributed by atoms with Crippen molar-refractivity contribution >= 4 is 17.5 Å². The summed E-state index contributed by atoms with van der Waals surface area (Å²) in [6, 6.07) is 11.8. The van der Waals surface area contributed by atoms with Gasteiger partial charge >= 0.3 is 11.9 Å². The molecule has 2 aromatic rings. The minimum Gasteiger partial charge on any atom is -0.468 e. The first-order valence-electron chi connectivity index (χ1n) is 10.7. The molecule has 0 aliphatic heterocycles. The van der Waals surface area contributed by atoms with Crippen LogP contribution in [-0.2, 0) is 29.9 Å². The molecule has 0 saturated carbocycles. The van der Waals surface area contributed by atoms with Gasteiger partial charge in [-0.15, -0.1) is 0 Å². The van der Waals surface area contributed by atoms with Crippen LogP contribution in [0.15, 0.2) is 55.1 Å². The van der Waals surface area contributed by atoms with E-state index in [9.17, 15) is 9.59 Å². The van der Waals surface area contributed by atoms with Gasteiger partial charge in [-0.3, -0.25) is 9.59 Å². The van der Waals surface area contributed by atoms with Gasteiger partial charge in [0.25, 0.3) is 0 Å². The quantitative estimate of drug-likeness (QED) is 0.350. The molecule has 0 aromatic heterocycles. The molecule has 0 heterocycles. The zero-order chi connectivity index (χ0) is 23.8. The van der Waals surface area contributed by atoms with E-state index in [4.69, 9.17) is 9.47 Å². The van der Waals surface area contributed by atoms with Crippen LogP contribution in [0.1, 0.15) is 67.0 Å². The predicted molar refractivity (Wildman–Crippen MR) is 128 cm³/mol. The Morgan fingerprint density at radius 3 is 1.78 bits per heavy atom. The average Bonchev–Trinajstić information content (AvgIpc) is 2.76. The first kappa shape index (κ1) is 23.5. The molecule has 0 fully saturated rings. The lowest BCUT2D eigenvalue weighted by Gasteiger charge is -2.37. The van der Waals surface area contributed by atoms with Crippen molar-refractivity contribution in [1.29, 1.82) is 0 Å². The maximum Gasteiger partial charge on any atom is 0.324 e. The monoisotopic (exact) mass is 432 g/mol. The van der Waals surface area contributed by atoms with Crippen LogP contribution in [0.4, 0.5) is 0 Å². The molecule has 0 bridgehead atoms. The Kier molecular flexibility index (Phi) is 6.19. The standard InChI is InChI=1S/C28H32O4/c1-17-15-22-23(28(5,6)14-13-27(22,3)4)16-21(17)18(2)19-9-11-20(12-10-19)24(25(29)31-7)26(30)32-8/h9-16,24H,2H2,1,3-8H3. The van der Waals surface area contributed by atoms with Gasteiger partial charge in [-0.05, 0) is 51.9 Å². The molecule has 4 nitrogen and oxygen atoms in total. The second-order valence-corrected chi connectivity index (χ2v) is 9.57. The normalized spacial score (nSPS) is 15.8. The zero-order valence-corrected chi connectivity index (χ0v) is 20.0. The number of rotatable bonds is 5. The van der Waals surface area contributed by atoms with Crippen LogP contribution >= 0.6 is 0 Å². The molecule has 0 saturated heterocycles. The van der Waals surface area contributed by atoms with E-state index < -0.39 is 17.9 Å². The first-order valence-corrected chi connectivity index (χ1v) is 10.7. The van der Waals surface area contributed by atoms with E-state index in [0.717, 1.165) is 16.7 Å². The Morgan fingerprint density at radius 2 is 1.31 bits per heavy atom. The number of methoxy groups -OCH3 is 2. The van der Waals surface area contributed by atoms with Gasteiger partial charge in [0.15, 0.2) is 5.92 Å². The molecule has 0 N–H and O–H groups in total. The van der Waals surface area contributed by atoms with Crippen molar-refractivity contribution < 1.29 is 19.1 Å². The highest BCUT2D eigenvalue weighted by atomic mass is 16.5. The van der Waals surface area contributed by atoms with Gasteiger partial charge < -0.3 is 9.47 Å². The van der Waals surface area contributed by atoms with Crippen LogP contribution in [0.2, 0.25) is 0 Å². The number of fused-ring (bicyclic) bond motifs is 1. The van der Waals surface area contributed by atoms with Crippen molar-refractivity contribution in [2.24, 2.45) is 0 Å². The van der Waals surface area contributed by atoms with E-state index in [1.165, 1.54) is 30.9 Å². The van der Waals surface area contributed by atoms with Crippen LogP contribution in [0, 0.1) is 6.92 Å². The van der Waals surface area contributed by atoms with E-state index in [2.05, 4.69) is 65.5 Å². The van der Waals surface area contributed by atoms with Gasteiger partial charge in [0, 0.05) is 10.8 Å². The summed E-state index contributed by atoms with van der Waals surface area (Å²) >= 11 is 0. The molecular weight excluding hydrogens is 400 g/mol. The maximum atomic E-state index is 12.1. The first-order chi connectivity index (χ1) is 14.9. The SMILES string of the molecule is C=C(c1ccc(C(C(=O)OC)C(=O)OC)cc1)c1cc2c(cc1C)C(C)(C)C=CC2(C)C. The van der Waals surface area contributed by atoms with E-state index in [0.29, 0.717) is 5.56 Å². The van der Waals surface area contributed by atoms with Crippen LogP contribution in [-0.4, -0.2) is 26.2 Å². The lowest BCUT2D eigenvalue weighted by atomic mass is 9.67. The molecule has 4 heteroatoms. The summed E-state index contributed by atoms with van der Waals surface area (Å²) in [5, 5.41) is 0. The van der Waals surface area contributed by atoms with Crippen LogP contribution in [0.25, 0.3) is 5.57 Å². The molecule has 1 aliphatic rings. The lowest BCUT2D eigenvalue weighted by Crippen LogP contribution is -2.29. The zero-order valence-electron chi connectivity index (χ0n) is 20.0. The summed E-state index contributed by atoms with van der Waals surface area (Å²) in [4.78, 5) is 24.2. The summed E-state index contributed by atoms with van der Waals surface area (Å²) in [7, 11) is 2.51. The maximum absolute atomic E-state index is 12.1. The molecule has 32 heavy (non-hydrogen) atoms. The minimum absolute atomic E-state index is 0.0199. The van der Waals surface area contributed by atoms with E-state index in [1.807, 2.05) is 12.1 Å². The van der Waals surface area contributed by atoms with Gasteiger partial charge in [0.05, 0.1) is 14.2 Å². The van der Waals surface area contributed by atoms with Gasteiger partial charge in [0.2, 0.25) is 0 Å². The summed E-state index contributed by atoms with van der Waals surface area (Å²) in [5.41, 5.74) is 7.16. The second kappa shape index (κ2) is 8.42. The number of carbonyl (C=O) groups excluding carboxylic acids is 2. The number of hydrogen-bond donors (Lipinski definition) is 0. The summed E-state index contributed by atoms with van der Waals surface area (Å²) in [6.07, 6.45) is 4.58. The summed E-state index contributed by atoms with van der Waals surface area (Å²) in [6.45, 7) is 15.4. The molecule has 2 aromatic carbocycles. The number of benzene rings is 2. The van der Waals surface area contributed by atoms with E-state index in [1.54, 1.807) is 12.1 Å². The lowest BCUT2D eigenvalue weighted by molar-refractivity contribution is -0.154. The number of aryl methyl sites for hydroxylation is 1. The largest absolute Gasteiger partial charge is 0.468 e. The van der Waals surface area contributed by atoms with Gasteiger partial charge in [-0.2, -0.15) is 0 Å². The second-order valence-electron chi connectivity index (χ2n) is 9.57. The highest BCUT2D eigenvalue weighted by Crippen LogP contribution is 2.43. The third-order valence-corrected chi connectivity index (χ3v) is 6.46. The molecule has 1 aliphatic carbocycles. The van der Waals surface area contributed by atoms with Gasteiger partial charge in [-0.1, -0.05) is 76.8 Å². The summed E-state index contributed by atoms with van der Waals surface area (Å²) < 4.78 is 9.56. The number of ether oxygens (including phenoxy) is 2. The van der Waals surface area contributed by atoms with Crippen molar-refractivity contribution in [3.63, 3.8) is 0 Å². The number of carbonyl (C=O) groups is 2. The fourth-order valence-electron chi connectivity index (χ4n) is 4.33. The fraction of sp³-hybridized carbons (Fsp3) is 0.357. The fourth-order valence-corrected chi connectivity index (χ4v) is 4.33. The summed E-state index contributed by atoms with van der Waals surface area (Å²) in [5.74, 6) is -2.40. The molecule has 0 radical (unpaired) electrons. The van der Waals surface area contributed by atoms with E-state index in [-0.39, 0.29) is 10.8 Å². The highest BCUT2D eigenvalue weighted by molar-refractivity contribution is 6.00. The van der Waals surface area contributed by atoms with Crippen molar-refractivity contribution in [3.05, 3.63) is 88.5 Å². The molecule has 168 valence electrons. The van der Waals surface area contributed by atoms with Crippen molar-refractivity contribution in [2.45, 2.75) is 51.4 Å². The number of esters is 2. The Labute approximate surface area is 190 Å². The average molecular weight is 433 g/mol. The molecule has 0 spiro atoms. The molecule has 0 unspecified atom stereocenters. The molecular formula is C28H32O4. The smallest absolute Gasteiger partial charge is 0.324 e. The highest BCUT2D eigenvalue weighted by Gasteiger charge is 2.34. The Balaban J connectivity index is 2.00. The van der Waals surface area contributed by atoms with E-state index >= 15 is 0 Å². The Bertz CT molecular complexity index is 1080. The van der Waals surface area contributed by atoms with Crippen molar-refractivity contribution in [3.8, 4) is 0 Å². The number of hydrogen-bond acceptors (Lipinski definition) is 4. The van der Waals surface area contributed by atoms with Crippen molar-refractivity contribution in [1.82, 2.24) is 0 Å². The van der Waals surface area contributed by atoms with Crippen LogP contribution < -0.4 is 0 Å². The molecule has 0 amide bonds. The Morgan fingerprint density at radius 1 is 0.844 bits per heavy atom. The molecule has 0 atom stereocenters. The van der Waals surface area contributed by atoms with Crippen LogP contribution in [0.5, 0.6) is 0 Å². The van der Waals surface area contributed by atoms with Crippen LogP contribution in [0.3, 0.4) is 0 Å². The number of allylic oxidation sites excluding steroid dienone is 2. The predicted octanol–water partition coefficient (Wildman–Crippen LogP) is 5.61. The topological polar surface area (TPSA) is 52.6 Å². The third-order valence-electron chi connectivity index (χ3n) is 6.46.